The number of carbonyl (C=O) groups is 1. The van der Waals surface area contributed by atoms with Gasteiger partial charge in [-0.3, -0.25) is 0 Å². The summed E-state index contributed by atoms with van der Waals surface area (Å²) < 4.78 is 15.6. The lowest BCUT2D eigenvalue weighted by atomic mass is 9.71. The van der Waals surface area contributed by atoms with Gasteiger partial charge in [-0.05, 0) is 80.5 Å². The average Bonchev–Trinajstić information content (AvgIpc) is 2.79. The molecule has 0 bridgehead atoms. The Morgan fingerprint density at radius 1 is 0.811 bits per heavy atom. The van der Waals surface area contributed by atoms with Crippen LogP contribution < -0.4 is 10.8 Å². The minimum atomic E-state index is -0.393. The Morgan fingerprint density at radius 2 is 1.35 bits per heavy atom. The highest BCUT2D eigenvalue weighted by Crippen LogP contribution is 2.40. The Bertz CT molecular complexity index is 763. The molecule has 2 N–H and O–H groups in total. The number of ether oxygens (including phenoxy) is 3. The Balaban J connectivity index is 1.42. The fraction of sp³-hybridized carbons (Fsp3) is 0.889. The minimum Gasteiger partial charge on any atom is -0.450 e. The molecule has 0 aromatic heterocycles. The average molecular weight is 523 g/mol. The van der Waals surface area contributed by atoms with Gasteiger partial charge in [0.15, 0.2) is 0 Å². The number of nitriles is 2. The van der Waals surface area contributed by atoms with Gasteiger partial charge < -0.3 is 19.5 Å². The number of unbranched alkanes of at least 4 members (excludes halogenated alkanes) is 3. The number of nitrogens with zero attached hydrogens (tertiary/aromatic N) is 2. The minimum absolute atomic E-state index is 0.0289. The molecule has 0 spiro atoms. The zero-order chi connectivity index (χ0) is 27.2. The Labute approximate surface area is 222 Å². The largest absolute Gasteiger partial charge is 0.450 e. The van der Waals surface area contributed by atoms with Gasteiger partial charge in [-0.2, -0.15) is 16.0 Å². The van der Waals surface area contributed by atoms with E-state index in [-0.39, 0.29) is 29.0 Å². The third kappa shape index (κ3) is 13.2. The van der Waals surface area contributed by atoms with Crippen molar-refractivity contribution in [3.63, 3.8) is 0 Å². The van der Waals surface area contributed by atoms with Crippen LogP contribution in [0.3, 0.4) is 0 Å². The van der Waals surface area contributed by atoms with Crippen molar-refractivity contribution >= 4 is 6.09 Å². The Kier molecular flexibility index (Phi) is 13.3. The van der Waals surface area contributed by atoms with Crippen molar-refractivity contribution < 1.29 is 28.9 Å². The number of rotatable bonds is 15. The molecule has 2 aliphatic rings. The van der Waals surface area contributed by atoms with E-state index >= 15 is 0 Å². The number of carbonyl (C=O) groups excluding carboxylic acids is 1. The Morgan fingerprint density at radius 3 is 1.92 bits per heavy atom. The van der Waals surface area contributed by atoms with E-state index < -0.39 is 6.09 Å². The molecule has 0 aromatic carbocycles. The highest BCUT2D eigenvalue weighted by molar-refractivity contribution is 5.67. The van der Waals surface area contributed by atoms with Crippen molar-refractivity contribution in [1.29, 1.82) is 10.5 Å². The van der Waals surface area contributed by atoms with Gasteiger partial charge >= 0.3 is 6.09 Å². The highest BCUT2D eigenvalue weighted by atomic mass is 17.3. The van der Waals surface area contributed by atoms with Crippen LogP contribution in [0.4, 0.5) is 4.79 Å². The maximum absolute atomic E-state index is 12.0. The first-order valence-electron chi connectivity index (χ1n) is 13.6. The van der Waals surface area contributed by atoms with Crippen molar-refractivity contribution in [2.45, 2.75) is 104 Å². The topological polar surface area (TPSA) is 135 Å². The summed E-state index contributed by atoms with van der Waals surface area (Å²) in [4.78, 5) is 22.3. The molecule has 2 saturated carbocycles. The highest BCUT2D eigenvalue weighted by Gasteiger charge is 2.36. The van der Waals surface area contributed by atoms with Crippen LogP contribution in [0.2, 0.25) is 0 Å². The van der Waals surface area contributed by atoms with Crippen LogP contribution in [0, 0.1) is 45.7 Å². The van der Waals surface area contributed by atoms with Crippen LogP contribution in [-0.2, 0) is 24.1 Å². The van der Waals surface area contributed by atoms with Crippen LogP contribution in [0.25, 0.3) is 0 Å². The summed E-state index contributed by atoms with van der Waals surface area (Å²) in [6.45, 7) is 10.8. The predicted molar refractivity (Wildman–Crippen MR) is 136 cm³/mol. The SMILES string of the molecule is CC1(C)CC(CNOOCCCCCCOC(=O)NCC2CC(OC#N)CC(C)(C)C2)CC(OC#N)C1. The van der Waals surface area contributed by atoms with E-state index in [1.807, 2.05) is 6.26 Å². The summed E-state index contributed by atoms with van der Waals surface area (Å²) >= 11 is 0. The molecular weight excluding hydrogens is 476 g/mol. The molecule has 210 valence electrons. The molecule has 10 heteroatoms. The number of nitrogens with one attached hydrogen (secondary N) is 2. The maximum atomic E-state index is 12.0. The molecule has 0 radical (unpaired) electrons. The molecule has 0 saturated heterocycles. The lowest BCUT2D eigenvalue weighted by Gasteiger charge is -2.38. The van der Waals surface area contributed by atoms with E-state index in [2.05, 4.69) is 38.5 Å². The summed E-state index contributed by atoms with van der Waals surface area (Å²) in [5.74, 6) is 0.641. The normalized spacial score (nSPS) is 26.3. The first-order valence-corrected chi connectivity index (χ1v) is 13.6. The van der Waals surface area contributed by atoms with Crippen molar-refractivity contribution in [2.24, 2.45) is 22.7 Å². The molecule has 2 fully saturated rings. The molecule has 4 atom stereocenters. The van der Waals surface area contributed by atoms with E-state index in [1.54, 1.807) is 6.26 Å². The second-order valence-corrected chi connectivity index (χ2v) is 12.2. The monoisotopic (exact) mass is 522 g/mol. The number of alkyl carbamates (subject to hydrolysis) is 1. The zero-order valence-electron chi connectivity index (χ0n) is 23.1. The summed E-state index contributed by atoms with van der Waals surface area (Å²) in [7, 11) is 0. The third-order valence-corrected chi connectivity index (χ3v) is 7.25. The van der Waals surface area contributed by atoms with Gasteiger partial charge in [0.2, 0.25) is 0 Å². The van der Waals surface area contributed by atoms with Crippen molar-refractivity contribution in [3.05, 3.63) is 0 Å². The van der Waals surface area contributed by atoms with Crippen LogP contribution in [-0.4, -0.2) is 44.6 Å². The molecule has 0 aliphatic heterocycles. The first-order chi connectivity index (χ1) is 17.6. The summed E-state index contributed by atoms with van der Waals surface area (Å²) in [5, 5.41) is 20.5. The van der Waals surface area contributed by atoms with Gasteiger partial charge in [0.05, 0.1) is 13.2 Å². The lowest BCUT2D eigenvalue weighted by molar-refractivity contribution is -0.338. The molecule has 0 heterocycles. The van der Waals surface area contributed by atoms with Crippen molar-refractivity contribution in [2.75, 3.05) is 26.3 Å². The molecule has 1 amide bonds. The molecule has 4 unspecified atom stereocenters. The lowest BCUT2D eigenvalue weighted by Crippen LogP contribution is -2.39. The molecule has 2 aliphatic carbocycles. The third-order valence-electron chi connectivity index (χ3n) is 7.25. The van der Waals surface area contributed by atoms with Crippen molar-refractivity contribution in [3.8, 4) is 12.5 Å². The number of hydroxylamine groups is 1. The molecule has 10 nitrogen and oxygen atoms in total. The zero-order valence-corrected chi connectivity index (χ0v) is 23.1. The summed E-state index contributed by atoms with van der Waals surface area (Å²) in [5.41, 5.74) is 3.11. The Hall–Kier alpha value is -2.27. The summed E-state index contributed by atoms with van der Waals surface area (Å²) in [6, 6.07) is 0. The molecule has 37 heavy (non-hydrogen) atoms. The van der Waals surface area contributed by atoms with Crippen molar-refractivity contribution in [1.82, 2.24) is 10.8 Å². The fourth-order valence-electron chi connectivity index (χ4n) is 5.97. The van der Waals surface area contributed by atoms with E-state index in [4.69, 9.17) is 34.6 Å². The molecular formula is C27H46N4O6. The predicted octanol–water partition coefficient (Wildman–Crippen LogP) is 5.11. The van der Waals surface area contributed by atoms with Gasteiger partial charge in [-0.1, -0.05) is 34.1 Å². The van der Waals surface area contributed by atoms with Gasteiger partial charge in [-0.25, -0.2) is 9.68 Å². The van der Waals surface area contributed by atoms with E-state index in [0.717, 1.165) is 64.2 Å². The van der Waals surface area contributed by atoms with Gasteiger partial charge in [-0.15, -0.1) is 4.99 Å². The van der Waals surface area contributed by atoms with E-state index in [1.165, 1.54) is 0 Å². The first kappa shape index (κ1) is 31.0. The second kappa shape index (κ2) is 15.9. The van der Waals surface area contributed by atoms with Crippen LogP contribution in [0.15, 0.2) is 0 Å². The molecule has 2 rings (SSSR count). The maximum Gasteiger partial charge on any atom is 0.407 e. The van der Waals surface area contributed by atoms with Gasteiger partial charge in [0.1, 0.15) is 12.2 Å². The van der Waals surface area contributed by atoms with Gasteiger partial charge in [0, 0.05) is 13.1 Å². The van der Waals surface area contributed by atoms with E-state index in [0.29, 0.717) is 32.2 Å². The fourth-order valence-corrected chi connectivity index (χ4v) is 5.97. The molecule has 0 aromatic rings. The smallest absolute Gasteiger partial charge is 0.407 e. The number of hydrogen-bond acceptors (Lipinski definition) is 9. The quantitative estimate of drug-likeness (QED) is 0.130. The standard InChI is InChI=1S/C27H46N4O6/c1-26(2)13-21(11-23(15-26)34-19-28)17-30-25(32)33-9-7-5-6-8-10-36-37-31-18-22-12-24(35-20-29)16-27(3,4)14-22/h21-24,31H,5-18H2,1-4H3,(H,30,32). The van der Waals surface area contributed by atoms with Crippen LogP contribution >= 0.6 is 0 Å². The van der Waals surface area contributed by atoms with Crippen LogP contribution in [0.5, 0.6) is 0 Å². The van der Waals surface area contributed by atoms with Gasteiger partial charge in [0.25, 0.3) is 12.5 Å². The second-order valence-electron chi connectivity index (χ2n) is 12.2. The number of hydrogen-bond donors (Lipinski definition) is 2. The number of amides is 1. The van der Waals surface area contributed by atoms with E-state index in [9.17, 15) is 4.79 Å². The van der Waals surface area contributed by atoms with Crippen LogP contribution in [0.1, 0.15) is 91.9 Å². The summed E-state index contributed by atoms with van der Waals surface area (Å²) in [6.07, 6.45) is 12.0.